The van der Waals surface area contributed by atoms with E-state index in [9.17, 15) is 9.59 Å². The van der Waals surface area contributed by atoms with Gasteiger partial charge in [0, 0.05) is 12.6 Å². The van der Waals surface area contributed by atoms with Crippen LogP contribution < -0.4 is 10.6 Å². The molecule has 1 aromatic carbocycles. The van der Waals surface area contributed by atoms with E-state index in [2.05, 4.69) is 22.3 Å². The number of esters is 1. The molecule has 1 rings (SSSR count). The molecular weight excluding hydrogens is 256 g/mol. The zero-order valence-electron chi connectivity index (χ0n) is 12.2. The van der Waals surface area contributed by atoms with Crippen molar-refractivity contribution in [1.82, 2.24) is 10.6 Å². The van der Waals surface area contributed by atoms with Crippen LogP contribution in [0.25, 0.3) is 0 Å². The van der Waals surface area contributed by atoms with Gasteiger partial charge in [-0.3, -0.25) is 4.79 Å². The topological polar surface area (TPSA) is 67.4 Å². The molecule has 0 aromatic heterocycles. The van der Waals surface area contributed by atoms with Crippen LogP contribution in [-0.4, -0.2) is 31.6 Å². The fraction of sp³-hybridized carbons (Fsp3) is 0.467. The van der Waals surface area contributed by atoms with E-state index in [1.807, 2.05) is 6.92 Å². The molecule has 1 aromatic rings. The molecule has 0 heterocycles. The highest BCUT2D eigenvalue weighted by Crippen LogP contribution is 2.05. The van der Waals surface area contributed by atoms with E-state index in [1.165, 1.54) is 7.11 Å². The molecule has 2 N–H and O–H groups in total. The summed E-state index contributed by atoms with van der Waals surface area (Å²) in [6, 6.07) is 7.30. The lowest BCUT2D eigenvalue weighted by atomic mass is 10.1. The predicted molar refractivity (Wildman–Crippen MR) is 77.4 cm³/mol. The summed E-state index contributed by atoms with van der Waals surface area (Å²) in [5.74, 6) is -0.402. The molecule has 0 bridgehead atoms. The van der Waals surface area contributed by atoms with Crippen LogP contribution in [0.5, 0.6) is 0 Å². The average molecular weight is 278 g/mol. The summed E-state index contributed by atoms with van der Waals surface area (Å²) in [6.45, 7) is 4.87. The summed E-state index contributed by atoms with van der Waals surface area (Å²) < 4.78 is 4.62. The predicted octanol–water partition coefficient (Wildman–Crippen LogP) is 1.48. The number of amides is 1. The number of methoxy groups -OCH3 is 1. The highest BCUT2D eigenvalue weighted by Gasteiger charge is 2.06. The molecule has 0 spiro atoms. The first kappa shape index (κ1) is 16.2. The Hall–Kier alpha value is -1.88. The Morgan fingerprint density at radius 2 is 1.90 bits per heavy atom. The average Bonchev–Trinajstić information content (AvgIpc) is 2.50. The van der Waals surface area contributed by atoms with E-state index in [1.54, 1.807) is 24.3 Å². The molecular formula is C15H22N2O3. The molecule has 0 saturated heterocycles. The van der Waals surface area contributed by atoms with Gasteiger partial charge < -0.3 is 15.4 Å². The van der Waals surface area contributed by atoms with Crippen molar-refractivity contribution in [2.45, 2.75) is 32.9 Å². The molecule has 1 unspecified atom stereocenters. The largest absolute Gasteiger partial charge is 0.465 e. The maximum atomic E-state index is 11.6. The van der Waals surface area contributed by atoms with Gasteiger partial charge in [-0.1, -0.05) is 19.1 Å². The summed E-state index contributed by atoms with van der Waals surface area (Å²) in [4.78, 5) is 22.9. The molecule has 5 nitrogen and oxygen atoms in total. The molecule has 20 heavy (non-hydrogen) atoms. The Kier molecular flexibility index (Phi) is 6.73. The highest BCUT2D eigenvalue weighted by atomic mass is 16.5. The molecule has 0 aliphatic rings. The molecule has 5 heteroatoms. The third-order valence-electron chi connectivity index (χ3n) is 3.09. The molecule has 0 aliphatic carbocycles. The second kappa shape index (κ2) is 8.32. The minimum atomic E-state index is -0.363. The van der Waals surface area contributed by atoms with Gasteiger partial charge in [0.25, 0.3) is 0 Å². The number of benzene rings is 1. The SMILES string of the molecule is CCC(C)NCC(=O)NCc1ccc(C(=O)OC)cc1. The van der Waals surface area contributed by atoms with E-state index in [4.69, 9.17) is 0 Å². The molecule has 0 saturated carbocycles. The van der Waals surface area contributed by atoms with Gasteiger partial charge in [0.2, 0.25) is 5.91 Å². The molecule has 0 fully saturated rings. The number of hydrogen-bond acceptors (Lipinski definition) is 4. The van der Waals surface area contributed by atoms with Gasteiger partial charge in [-0.2, -0.15) is 0 Å². The van der Waals surface area contributed by atoms with Gasteiger partial charge in [0.05, 0.1) is 19.2 Å². The summed E-state index contributed by atoms with van der Waals surface area (Å²) >= 11 is 0. The third-order valence-corrected chi connectivity index (χ3v) is 3.09. The zero-order valence-corrected chi connectivity index (χ0v) is 12.2. The number of carbonyl (C=O) groups excluding carboxylic acids is 2. The quantitative estimate of drug-likeness (QED) is 0.741. The monoisotopic (exact) mass is 278 g/mol. The van der Waals surface area contributed by atoms with Crippen LogP contribution in [0.4, 0.5) is 0 Å². The van der Waals surface area contributed by atoms with Gasteiger partial charge in [-0.15, -0.1) is 0 Å². The fourth-order valence-electron chi connectivity index (χ4n) is 1.55. The number of rotatable bonds is 7. The van der Waals surface area contributed by atoms with Crippen molar-refractivity contribution in [3.8, 4) is 0 Å². The Bertz CT molecular complexity index is 443. The number of nitrogens with one attached hydrogen (secondary N) is 2. The maximum absolute atomic E-state index is 11.6. The summed E-state index contributed by atoms with van der Waals surface area (Å²) in [7, 11) is 1.35. The molecule has 0 radical (unpaired) electrons. The fourth-order valence-corrected chi connectivity index (χ4v) is 1.55. The van der Waals surface area contributed by atoms with E-state index in [0.717, 1.165) is 12.0 Å². The number of carbonyl (C=O) groups is 2. The van der Waals surface area contributed by atoms with Crippen molar-refractivity contribution >= 4 is 11.9 Å². The van der Waals surface area contributed by atoms with Crippen LogP contribution >= 0.6 is 0 Å². The lowest BCUT2D eigenvalue weighted by Crippen LogP contribution is -2.37. The number of ether oxygens (including phenoxy) is 1. The lowest BCUT2D eigenvalue weighted by molar-refractivity contribution is -0.120. The second-order valence-corrected chi connectivity index (χ2v) is 4.66. The van der Waals surface area contributed by atoms with Crippen LogP contribution in [0, 0.1) is 0 Å². The Labute approximate surface area is 119 Å². The second-order valence-electron chi connectivity index (χ2n) is 4.66. The van der Waals surface area contributed by atoms with E-state index >= 15 is 0 Å². The van der Waals surface area contributed by atoms with Crippen molar-refractivity contribution in [3.63, 3.8) is 0 Å². The first-order chi connectivity index (χ1) is 9.56. The first-order valence-corrected chi connectivity index (χ1v) is 6.74. The van der Waals surface area contributed by atoms with Gasteiger partial charge in [-0.05, 0) is 31.0 Å². The number of hydrogen-bond donors (Lipinski definition) is 2. The maximum Gasteiger partial charge on any atom is 0.337 e. The van der Waals surface area contributed by atoms with Crippen LogP contribution in [0.15, 0.2) is 24.3 Å². The van der Waals surface area contributed by atoms with Crippen LogP contribution in [0.1, 0.15) is 36.2 Å². The minimum absolute atomic E-state index is 0.0395. The van der Waals surface area contributed by atoms with Crippen molar-refractivity contribution in [1.29, 1.82) is 0 Å². The summed E-state index contributed by atoms with van der Waals surface area (Å²) in [5.41, 5.74) is 1.44. The Balaban J connectivity index is 2.38. The van der Waals surface area contributed by atoms with E-state index in [-0.39, 0.29) is 11.9 Å². The van der Waals surface area contributed by atoms with Gasteiger partial charge in [0.15, 0.2) is 0 Å². The van der Waals surface area contributed by atoms with E-state index < -0.39 is 0 Å². The molecule has 110 valence electrons. The minimum Gasteiger partial charge on any atom is -0.465 e. The van der Waals surface area contributed by atoms with Gasteiger partial charge in [-0.25, -0.2) is 4.79 Å². The van der Waals surface area contributed by atoms with Crippen LogP contribution in [-0.2, 0) is 16.1 Å². The van der Waals surface area contributed by atoms with Crippen molar-refractivity contribution in [2.24, 2.45) is 0 Å². The smallest absolute Gasteiger partial charge is 0.337 e. The third kappa shape index (κ3) is 5.40. The molecule has 1 amide bonds. The standard InChI is InChI=1S/C15H22N2O3/c1-4-11(2)16-10-14(18)17-9-12-5-7-13(8-6-12)15(19)20-3/h5-8,11,16H,4,9-10H2,1-3H3,(H,17,18). The van der Waals surface area contributed by atoms with Crippen molar-refractivity contribution in [3.05, 3.63) is 35.4 Å². The summed E-state index contributed by atoms with van der Waals surface area (Å²) in [6.07, 6.45) is 0.988. The Morgan fingerprint density at radius 3 is 2.45 bits per heavy atom. The normalized spacial score (nSPS) is 11.8. The van der Waals surface area contributed by atoms with Crippen molar-refractivity contribution < 1.29 is 14.3 Å². The summed E-state index contributed by atoms with van der Waals surface area (Å²) in [5, 5.41) is 5.95. The van der Waals surface area contributed by atoms with Crippen LogP contribution in [0.2, 0.25) is 0 Å². The highest BCUT2D eigenvalue weighted by molar-refractivity contribution is 5.89. The van der Waals surface area contributed by atoms with Gasteiger partial charge >= 0.3 is 5.97 Å². The molecule has 0 aliphatic heterocycles. The molecule has 1 atom stereocenters. The van der Waals surface area contributed by atoms with Crippen molar-refractivity contribution in [2.75, 3.05) is 13.7 Å². The van der Waals surface area contributed by atoms with E-state index in [0.29, 0.717) is 24.7 Å². The lowest BCUT2D eigenvalue weighted by Gasteiger charge is -2.11. The van der Waals surface area contributed by atoms with Gasteiger partial charge in [0.1, 0.15) is 0 Å². The first-order valence-electron chi connectivity index (χ1n) is 6.74. The zero-order chi connectivity index (χ0) is 15.0. The Morgan fingerprint density at radius 1 is 1.25 bits per heavy atom. The van der Waals surface area contributed by atoms with Crippen LogP contribution in [0.3, 0.4) is 0 Å².